The lowest BCUT2D eigenvalue weighted by atomic mass is 10.1. The van der Waals surface area contributed by atoms with Crippen LogP contribution < -0.4 is 5.73 Å². The van der Waals surface area contributed by atoms with Gasteiger partial charge in [0, 0.05) is 16.0 Å². The van der Waals surface area contributed by atoms with Gasteiger partial charge in [-0.1, -0.05) is 18.2 Å². The number of hydrogen-bond acceptors (Lipinski definition) is 3. The number of thiophene rings is 1. The van der Waals surface area contributed by atoms with Gasteiger partial charge in [0.2, 0.25) is 0 Å². The molecule has 3 heteroatoms. The summed E-state index contributed by atoms with van der Waals surface area (Å²) in [5, 5.41) is 1.39. The van der Waals surface area contributed by atoms with Gasteiger partial charge in [-0.3, -0.25) is 0 Å². The van der Waals surface area contributed by atoms with Crippen LogP contribution in [0.3, 0.4) is 0 Å². The lowest BCUT2D eigenvalue weighted by Gasteiger charge is -2.11. The molecule has 1 aliphatic rings. The Kier molecular flexibility index (Phi) is 3.36. The molecule has 1 aromatic heterocycles. The minimum atomic E-state index is 0.805. The Labute approximate surface area is 93.7 Å². The summed E-state index contributed by atoms with van der Waals surface area (Å²) < 4.78 is 6.87. The Morgan fingerprint density at radius 1 is 1.27 bits per heavy atom. The Morgan fingerprint density at radius 3 is 2.93 bits per heavy atom. The minimum Gasteiger partial charge on any atom is -0.376 e. The molecule has 2 heterocycles. The van der Waals surface area contributed by atoms with E-state index in [-0.39, 0.29) is 0 Å². The summed E-state index contributed by atoms with van der Waals surface area (Å²) in [7, 11) is 1.50. The van der Waals surface area contributed by atoms with E-state index >= 15 is 0 Å². The van der Waals surface area contributed by atoms with Crippen molar-refractivity contribution in [3.8, 4) is 0 Å². The molecule has 0 unspecified atom stereocenters. The van der Waals surface area contributed by atoms with Gasteiger partial charge in [-0.05, 0) is 24.1 Å². The molecule has 0 spiro atoms. The third kappa shape index (κ3) is 1.91. The van der Waals surface area contributed by atoms with Gasteiger partial charge in [-0.25, -0.2) is 0 Å². The number of rotatable bonds is 0. The maximum absolute atomic E-state index is 5.47. The third-order valence-corrected chi connectivity index (χ3v) is 3.77. The summed E-state index contributed by atoms with van der Waals surface area (Å²) >= 11 is 1.92. The molecule has 0 saturated heterocycles. The lowest BCUT2D eigenvalue weighted by molar-refractivity contribution is 0.113. The van der Waals surface area contributed by atoms with Crippen LogP contribution in [0.2, 0.25) is 0 Å². The van der Waals surface area contributed by atoms with Gasteiger partial charge < -0.3 is 10.5 Å². The smallest absolute Gasteiger partial charge is 0.0733 e. The first-order valence-corrected chi connectivity index (χ1v) is 5.91. The van der Waals surface area contributed by atoms with Crippen molar-refractivity contribution in [2.45, 2.75) is 13.0 Å². The Hall–Kier alpha value is -0.900. The predicted octanol–water partition coefficient (Wildman–Crippen LogP) is 2.55. The van der Waals surface area contributed by atoms with Crippen LogP contribution in [-0.4, -0.2) is 13.7 Å². The van der Waals surface area contributed by atoms with Crippen molar-refractivity contribution in [3.63, 3.8) is 0 Å². The first-order valence-electron chi connectivity index (χ1n) is 5.10. The molecule has 1 aliphatic heterocycles. The maximum atomic E-state index is 5.47. The molecule has 15 heavy (non-hydrogen) atoms. The topological polar surface area (TPSA) is 35.2 Å². The highest BCUT2D eigenvalue weighted by Crippen LogP contribution is 2.33. The summed E-state index contributed by atoms with van der Waals surface area (Å²) in [5.74, 6) is 0. The normalized spacial score (nSPS) is 14.3. The zero-order valence-electron chi connectivity index (χ0n) is 8.82. The van der Waals surface area contributed by atoms with Crippen LogP contribution in [0.5, 0.6) is 0 Å². The van der Waals surface area contributed by atoms with Crippen molar-refractivity contribution in [2.75, 3.05) is 13.7 Å². The third-order valence-electron chi connectivity index (χ3n) is 2.50. The minimum absolute atomic E-state index is 0.805. The quantitative estimate of drug-likeness (QED) is 0.742. The molecule has 3 rings (SSSR count). The van der Waals surface area contributed by atoms with Gasteiger partial charge >= 0.3 is 0 Å². The van der Waals surface area contributed by atoms with Crippen LogP contribution >= 0.6 is 11.3 Å². The standard InChI is InChI=1S/C11H10OS.CH5N/c1-2-4-10-8(3-1)9-7-12-6-5-11(9)13-10;1-2/h1-4H,5-7H2;2H2,1H3. The molecular formula is C12H15NOS. The molecular weight excluding hydrogens is 206 g/mol. The summed E-state index contributed by atoms with van der Waals surface area (Å²) in [6.07, 6.45) is 1.09. The summed E-state index contributed by atoms with van der Waals surface area (Å²) in [6.45, 7) is 1.69. The Morgan fingerprint density at radius 2 is 2.07 bits per heavy atom. The second kappa shape index (κ2) is 4.75. The zero-order valence-corrected chi connectivity index (χ0v) is 9.64. The van der Waals surface area contributed by atoms with Crippen LogP contribution in [0.1, 0.15) is 10.4 Å². The molecule has 2 nitrogen and oxygen atoms in total. The van der Waals surface area contributed by atoms with E-state index in [1.807, 2.05) is 11.3 Å². The van der Waals surface area contributed by atoms with E-state index in [2.05, 4.69) is 30.0 Å². The van der Waals surface area contributed by atoms with Crippen molar-refractivity contribution in [2.24, 2.45) is 5.73 Å². The fraction of sp³-hybridized carbons (Fsp3) is 0.333. The molecule has 0 saturated carbocycles. The average Bonchev–Trinajstić information content (AvgIpc) is 2.70. The van der Waals surface area contributed by atoms with Gasteiger partial charge in [0.15, 0.2) is 0 Å². The van der Waals surface area contributed by atoms with Crippen molar-refractivity contribution in [1.29, 1.82) is 0 Å². The number of fused-ring (bicyclic) bond motifs is 3. The Bertz CT molecular complexity index is 450. The second-order valence-corrected chi connectivity index (χ2v) is 4.44. The molecule has 80 valence electrons. The fourth-order valence-electron chi connectivity index (χ4n) is 1.85. The molecule has 0 atom stereocenters. The number of benzene rings is 1. The molecule has 0 amide bonds. The van der Waals surface area contributed by atoms with E-state index in [0.29, 0.717) is 0 Å². The van der Waals surface area contributed by atoms with Gasteiger partial charge in [0.25, 0.3) is 0 Å². The van der Waals surface area contributed by atoms with Crippen molar-refractivity contribution >= 4 is 21.4 Å². The van der Waals surface area contributed by atoms with E-state index in [1.54, 1.807) is 0 Å². The van der Waals surface area contributed by atoms with Gasteiger partial charge in [0.05, 0.1) is 13.2 Å². The Balaban J connectivity index is 0.000000404. The fourth-order valence-corrected chi connectivity index (χ4v) is 3.04. The maximum Gasteiger partial charge on any atom is 0.0733 e. The lowest BCUT2D eigenvalue weighted by Crippen LogP contribution is -2.06. The SMILES string of the molecule is CN.c1ccc2c3c(sc2c1)CCOC3. The first kappa shape index (κ1) is 10.6. The van der Waals surface area contributed by atoms with Crippen LogP contribution in [0, 0.1) is 0 Å². The highest BCUT2D eigenvalue weighted by molar-refractivity contribution is 7.19. The summed E-state index contributed by atoms with van der Waals surface area (Å²) in [6, 6.07) is 8.59. The van der Waals surface area contributed by atoms with Crippen molar-refractivity contribution in [1.82, 2.24) is 0 Å². The van der Waals surface area contributed by atoms with E-state index in [4.69, 9.17) is 4.74 Å². The molecule has 2 N–H and O–H groups in total. The van der Waals surface area contributed by atoms with E-state index in [0.717, 1.165) is 19.6 Å². The largest absolute Gasteiger partial charge is 0.376 e. The second-order valence-electron chi connectivity index (χ2n) is 3.30. The van der Waals surface area contributed by atoms with Crippen LogP contribution in [0.4, 0.5) is 0 Å². The van der Waals surface area contributed by atoms with Crippen LogP contribution in [0.25, 0.3) is 10.1 Å². The van der Waals surface area contributed by atoms with Crippen LogP contribution in [-0.2, 0) is 17.8 Å². The van der Waals surface area contributed by atoms with Gasteiger partial charge in [0.1, 0.15) is 0 Å². The summed E-state index contributed by atoms with van der Waals surface area (Å²) in [5.41, 5.74) is 5.92. The predicted molar refractivity (Wildman–Crippen MR) is 65.3 cm³/mol. The van der Waals surface area contributed by atoms with Crippen molar-refractivity contribution in [3.05, 3.63) is 34.7 Å². The first-order chi connectivity index (χ1) is 7.45. The molecule has 1 aromatic carbocycles. The van der Waals surface area contributed by atoms with Crippen LogP contribution in [0.15, 0.2) is 24.3 Å². The zero-order chi connectivity index (χ0) is 10.7. The van der Waals surface area contributed by atoms with Gasteiger partial charge in [-0.2, -0.15) is 0 Å². The average molecular weight is 221 g/mol. The molecule has 2 aromatic rings. The number of hydrogen-bond donors (Lipinski definition) is 1. The van der Waals surface area contributed by atoms with E-state index < -0.39 is 0 Å². The summed E-state index contributed by atoms with van der Waals surface area (Å²) in [4.78, 5) is 1.52. The molecule has 0 fully saturated rings. The number of nitrogens with two attached hydrogens (primary N) is 1. The molecule has 0 radical (unpaired) electrons. The monoisotopic (exact) mass is 221 g/mol. The van der Waals surface area contributed by atoms with E-state index in [9.17, 15) is 0 Å². The highest BCUT2D eigenvalue weighted by Gasteiger charge is 2.15. The molecule has 0 aliphatic carbocycles. The van der Waals surface area contributed by atoms with Gasteiger partial charge in [-0.15, -0.1) is 11.3 Å². The number of ether oxygens (including phenoxy) is 1. The van der Waals surface area contributed by atoms with E-state index in [1.165, 1.54) is 27.6 Å². The highest BCUT2D eigenvalue weighted by atomic mass is 32.1. The molecule has 0 bridgehead atoms. The van der Waals surface area contributed by atoms with Crippen molar-refractivity contribution < 1.29 is 4.74 Å².